The van der Waals surface area contributed by atoms with Crippen LogP contribution in [0.15, 0.2) is 35.4 Å². The van der Waals surface area contributed by atoms with E-state index in [1.807, 2.05) is 0 Å². The van der Waals surface area contributed by atoms with Crippen LogP contribution in [0.4, 0.5) is 5.69 Å². The van der Waals surface area contributed by atoms with Crippen LogP contribution in [0.1, 0.15) is 16.1 Å². The van der Waals surface area contributed by atoms with Crippen molar-refractivity contribution in [2.75, 3.05) is 6.26 Å². The summed E-state index contributed by atoms with van der Waals surface area (Å²) in [6.07, 6.45) is 3.13. The van der Waals surface area contributed by atoms with E-state index in [0.717, 1.165) is 0 Å². The number of pyridine rings is 1. The molecule has 0 unspecified atom stereocenters. The molecule has 1 amide bonds. The number of amides is 1. The second-order valence-electron chi connectivity index (χ2n) is 4.39. The van der Waals surface area contributed by atoms with Crippen LogP contribution in [-0.2, 0) is 0 Å². The maximum absolute atomic E-state index is 11.1. The highest BCUT2D eigenvalue weighted by atomic mass is 32.2. The molecule has 2 aromatic rings. The van der Waals surface area contributed by atoms with Crippen molar-refractivity contribution in [1.29, 1.82) is 0 Å². The number of nitrogens with two attached hydrogens (primary N) is 1. The Bertz CT molecular complexity index is 749. The third-order valence-electron chi connectivity index (χ3n) is 2.87. The van der Waals surface area contributed by atoms with Crippen LogP contribution in [0.25, 0.3) is 0 Å². The van der Waals surface area contributed by atoms with Crippen LogP contribution in [0, 0.1) is 17.0 Å². The summed E-state index contributed by atoms with van der Waals surface area (Å²) >= 11 is 1.26. The Hall–Kier alpha value is -2.61. The number of nitrogens with zero attached hydrogens (tertiary/aromatic N) is 2. The number of carbonyl (C=O) groups excluding carboxylic acids is 1. The third kappa shape index (κ3) is 3.34. The number of aromatic nitrogens is 1. The zero-order chi connectivity index (χ0) is 16.3. The highest BCUT2D eigenvalue weighted by Gasteiger charge is 2.14. The lowest BCUT2D eigenvalue weighted by atomic mass is 10.2. The molecule has 0 fully saturated rings. The van der Waals surface area contributed by atoms with Gasteiger partial charge in [-0.1, -0.05) is 0 Å². The summed E-state index contributed by atoms with van der Waals surface area (Å²) in [7, 11) is 0. The first-order valence-electron chi connectivity index (χ1n) is 6.19. The third-order valence-corrected chi connectivity index (χ3v) is 3.64. The zero-order valence-electron chi connectivity index (χ0n) is 11.9. The normalized spacial score (nSPS) is 10.3. The number of primary amides is 1. The number of aryl methyl sites for hydroxylation is 1. The number of hydrogen-bond donors (Lipinski definition) is 1. The largest absolute Gasteiger partial charge is 0.456 e. The summed E-state index contributed by atoms with van der Waals surface area (Å²) in [4.78, 5) is 26.0. The Balaban J connectivity index is 2.29. The monoisotopic (exact) mass is 319 g/mol. The minimum absolute atomic E-state index is 0.0261. The molecule has 0 atom stereocenters. The van der Waals surface area contributed by atoms with Crippen LogP contribution in [-0.4, -0.2) is 22.1 Å². The number of ether oxygens (including phenoxy) is 1. The summed E-state index contributed by atoms with van der Waals surface area (Å²) in [5.74, 6) is 0.260. The molecule has 0 bridgehead atoms. The molecule has 0 saturated carbocycles. The molecule has 0 aliphatic heterocycles. The van der Waals surface area contributed by atoms with E-state index in [1.54, 1.807) is 25.3 Å². The first-order valence-corrected chi connectivity index (χ1v) is 7.41. The summed E-state index contributed by atoms with van der Waals surface area (Å²) in [5.41, 5.74) is 5.99. The number of nitro groups is 1. The fourth-order valence-corrected chi connectivity index (χ4v) is 2.46. The van der Waals surface area contributed by atoms with Gasteiger partial charge in [0.2, 0.25) is 0 Å². The van der Waals surface area contributed by atoms with Crippen LogP contribution >= 0.6 is 11.8 Å². The van der Waals surface area contributed by atoms with E-state index in [1.165, 1.54) is 30.1 Å². The predicted molar refractivity (Wildman–Crippen MR) is 82.4 cm³/mol. The van der Waals surface area contributed by atoms with Crippen molar-refractivity contribution in [1.82, 2.24) is 4.98 Å². The lowest BCUT2D eigenvalue weighted by Crippen LogP contribution is -2.14. The second-order valence-corrected chi connectivity index (χ2v) is 5.24. The molecule has 8 heteroatoms. The van der Waals surface area contributed by atoms with Crippen molar-refractivity contribution in [3.63, 3.8) is 0 Å². The molecule has 0 saturated heterocycles. The van der Waals surface area contributed by atoms with Gasteiger partial charge in [0, 0.05) is 12.1 Å². The number of nitro benzene ring substituents is 1. The maximum Gasteiger partial charge on any atom is 0.283 e. The minimum Gasteiger partial charge on any atom is -0.456 e. The van der Waals surface area contributed by atoms with E-state index < -0.39 is 10.8 Å². The fourth-order valence-electron chi connectivity index (χ4n) is 1.87. The first-order chi connectivity index (χ1) is 10.4. The molecule has 1 aromatic heterocycles. The van der Waals surface area contributed by atoms with Gasteiger partial charge in [0.05, 0.1) is 16.0 Å². The van der Waals surface area contributed by atoms with Gasteiger partial charge in [-0.25, -0.2) is 4.98 Å². The standard InChI is InChI=1S/C14H13N3O4S/c1-8-5-10(7-16-13(8)14(15)18)21-9-3-4-11(17(19)20)12(6-9)22-2/h3-7H,1-2H3,(H2,15,18). The number of carbonyl (C=O) groups is 1. The van der Waals surface area contributed by atoms with Crippen molar-refractivity contribution in [2.24, 2.45) is 5.73 Å². The van der Waals surface area contributed by atoms with Gasteiger partial charge < -0.3 is 10.5 Å². The van der Waals surface area contributed by atoms with Crippen LogP contribution < -0.4 is 10.5 Å². The quantitative estimate of drug-likeness (QED) is 0.515. The molecule has 114 valence electrons. The van der Waals surface area contributed by atoms with Gasteiger partial charge in [0.1, 0.15) is 17.2 Å². The molecule has 1 aromatic carbocycles. The Labute approximate surface area is 130 Å². The SMILES string of the molecule is CSc1cc(Oc2cnc(C(N)=O)c(C)c2)ccc1[N+](=O)[O-]. The average Bonchev–Trinajstić information content (AvgIpc) is 2.46. The molecule has 0 aliphatic carbocycles. The molecule has 2 rings (SSSR count). The van der Waals surface area contributed by atoms with Crippen LogP contribution in [0.2, 0.25) is 0 Å². The van der Waals surface area contributed by atoms with E-state index in [2.05, 4.69) is 4.98 Å². The second kappa shape index (κ2) is 6.44. The maximum atomic E-state index is 11.1. The average molecular weight is 319 g/mol. The van der Waals surface area contributed by atoms with E-state index in [-0.39, 0.29) is 11.4 Å². The van der Waals surface area contributed by atoms with Crippen molar-refractivity contribution in [3.05, 3.63) is 51.8 Å². The number of hydrogen-bond acceptors (Lipinski definition) is 6. The molecule has 0 aliphatic rings. The van der Waals surface area contributed by atoms with Crippen molar-refractivity contribution in [2.45, 2.75) is 11.8 Å². The van der Waals surface area contributed by atoms with Crippen LogP contribution in [0.5, 0.6) is 11.5 Å². The van der Waals surface area contributed by atoms with E-state index >= 15 is 0 Å². The van der Waals surface area contributed by atoms with Crippen molar-refractivity contribution >= 4 is 23.4 Å². The summed E-state index contributed by atoms with van der Waals surface area (Å²) in [5, 5.41) is 10.9. The smallest absolute Gasteiger partial charge is 0.283 e. The van der Waals surface area contributed by atoms with Gasteiger partial charge >= 0.3 is 0 Å². The number of thioether (sulfide) groups is 1. The van der Waals surface area contributed by atoms with Gasteiger partial charge in [-0.05, 0) is 30.9 Å². The van der Waals surface area contributed by atoms with Crippen LogP contribution in [0.3, 0.4) is 0 Å². The molecule has 0 spiro atoms. The lowest BCUT2D eigenvalue weighted by molar-refractivity contribution is -0.387. The van der Waals surface area contributed by atoms with E-state index in [4.69, 9.17) is 10.5 Å². The molecular weight excluding hydrogens is 306 g/mol. The van der Waals surface area contributed by atoms with Gasteiger partial charge in [-0.2, -0.15) is 0 Å². The van der Waals surface area contributed by atoms with E-state index in [0.29, 0.717) is 22.0 Å². The lowest BCUT2D eigenvalue weighted by Gasteiger charge is -2.09. The highest BCUT2D eigenvalue weighted by Crippen LogP contribution is 2.33. The zero-order valence-corrected chi connectivity index (χ0v) is 12.7. The predicted octanol–water partition coefficient (Wildman–Crippen LogP) is 2.91. The van der Waals surface area contributed by atoms with Gasteiger partial charge in [0.15, 0.2) is 0 Å². The number of benzene rings is 1. The molecule has 22 heavy (non-hydrogen) atoms. The minimum atomic E-state index is -0.607. The topological polar surface area (TPSA) is 108 Å². The Kier molecular flexibility index (Phi) is 4.62. The van der Waals surface area contributed by atoms with Crippen molar-refractivity contribution < 1.29 is 14.5 Å². The Morgan fingerprint density at radius 3 is 2.64 bits per heavy atom. The number of rotatable bonds is 5. The fraction of sp³-hybridized carbons (Fsp3) is 0.143. The Morgan fingerprint density at radius 1 is 1.36 bits per heavy atom. The molecule has 1 heterocycles. The summed E-state index contributed by atoms with van der Waals surface area (Å²) < 4.78 is 5.62. The molecule has 2 N–H and O–H groups in total. The summed E-state index contributed by atoms with van der Waals surface area (Å²) in [6.45, 7) is 1.70. The van der Waals surface area contributed by atoms with Gasteiger partial charge in [-0.15, -0.1) is 11.8 Å². The molecule has 0 radical (unpaired) electrons. The Morgan fingerprint density at radius 2 is 2.09 bits per heavy atom. The van der Waals surface area contributed by atoms with Gasteiger partial charge in [-0.3, -0.25) is 14.9 Å². The molecular formula is C14H13N3O4S. The molecule has 7 nitrogen and oxygen atoms in total. The van der Waals surface area contributed by atoms with E-state index in [9.17, 15) is 14.9 Å². The summed E-state index contributed by atoms with van der Waals surface area (Å²) in [6, 6.07) is 6.11. The first kappa shape index (κ1) is 15.8. The van der Waals surface area contributed by atoms with Gasteiger partial charge in [0.25, 0.3) is 11.6 Å². The highest BCUT2D eigenvalue weighted by molar-refractivity contribution is 7.98. The van der Waals surface area contributed by atoms with Crippen molar-refractivity contribution in [3.8, 4) is 11.5 Å².